The van der Waals surface area contributed by atoms with E-state index in [0.29, 0.717) is 34.3 Å². The van der Waals surface area contributed by atoms with Gasteiger partial charge in [-0.2, -0.15) is 5.10 Å². The van der Waals surface area contributed by atoms with E-state index in [2.05, 4.69) is 4.72 Å². The fourth-order valence-corrected chi connectivity index (χ4v) is 6.34. The molecule has 206 valence electrons. The van der Waals surface area contributed by atoms with Gasteiger partial charge in [0, 0.05) is 30.1 Å². The van der Waals surface area contributed by atoms with Gasteiger partial charge in [-0.25, -0.2) is 13.1 Å². The predicted octanol–water partition coefficient (Wildman–Crippen LogP) is 4.46. The standard InChI is InChI=1S/C27H29Cl2N5O4S/c1-15-11-24-21(14-32(15)26(35)19-7-10-22(28)23(29)12-19)25-27(36)33(13-16(2)34(25)31-24)17(3)18-5-8-20(9-6-18)39(37,38)30-4/h5-10,12,15-17,30H,11,13-14H2,1-4H3/t15-,16-,17?/m1/s1. The summed E-state index contributed by atoms with van der Waals surface area (Å²) in [5, 5.41) is 5.48. The van der Waals surface area contributed by atoms with Crippen LogP contribution >= 0.6 is 23.2 Å². The third-order valence-electron chi connectivity index (χ3n) is 7.62. The minimum absolute atomic E-state index is 0.0794. The number of aromatic nitrogens is 2. The van der Waals surface area contributed by atoms with E-state index in [9.17, 15) is 18.0 Å². The highest BCUT2D eigenvalue weighted by atomic mass is 35.5. The number of halogens is 2. The number of carbonyl (C=O) groups excluding carboxylic acids is 2. The fraction of sp³-hybridized carbons (Fsp3) is 0.370. The maximum atomic E-state index is 13.9. The molecule has 1 N–H and O–H groups in total. The third kappa shape index (κ3) is 4.84. The number of rotatable bonds is 5. The van der Waals surface area contributed by atoms with Gasteiger partial charge in [0.15, 0.2) is 0 Å². The predicted molar refractivity (Wildman–Crippen MR) is 149 cm³/mol. The van der Waals surface area contributed by atoms with Gasteiger partial charge >= 0.3 is 0 Å². The van der Waals surface area contributed by atoms with E-state index in [-0.39, 0.29) is 41.4 Å². The summed E-state index contributed by atoms with van der Waals surface area (Å²) in [6, 6.07) is 10.8. The number of nitrogens with zero attached hydrogens (tertiary/aromatic N) is 4. The molecule has 2 aromatic carbocycles. The number of hydrogen-bond donors (Lipinski definition) is 1. The maximum absolute atomic E-state index is 13.9. The van der Waals surface area contributed by atoms with Crippen molar-refractivity contribution in [3.8, 4) is 0 Å². The molecule has 3 atom stereocenters. The number of nitrogens with one attached hydrogen (secondary N) is 1. The summed E-state index contributed by atoms with van der Waals surface area (Å²) in [6.45, 7) is 6.60. The van der Waals surface area contributed by atoms with Crippen molar-refractivity contribution in [3.63, 3.8) is 0 Å². The van der Waals surface area contributed by atoms with Gasteiger partial charge in [0.2, 0.25) is 10.0 Å². The number of benzene rings is 2. The monoisotopic (exact) mass is 589 g/mol. The Morgan fingerprint density at radius 2 is 1.77 bits per heavy atom. The highest BCUT2D eigenvalue weighted by Crippen LogP contribution is 2.35. The summed E-state index contributed by atoms with van der Waals surface area (Å²) in [6.07, 6.45) is 0.527. The fourth-order valence-electron chi connectivity index (χ4n) is 5.31. The second-order valence-electron chi connectivity index (χ2n) is 10.1. The van der Waals surface area contributed by atoms with Gasteiger partial charge in [-0.1, -0.05) is 35.3 Å². The molecule has 2 aliphatic heterocycles. The second kappa shape index (κ2) is 10.2. The van der Waals surface area contributed by atoms with E-state index >= 15 is 0 Å². The van der Waals surface area contributed by atoms with Gasteiger partial charge in [0.05, 0.1) is 39.3 Å². The van der Waals surface area contributed by atoms with Gasteiger partial charge in [-0.15, -0.1) is 0 Å². The van der Waals surface area contributed by atoms with Crippen LogP contribution in [0.3, 0.4) is 0 Å². The van der Waals surface area contributed by atoms with Gasteiger partial charge in [0.1, 0.15) is 5.69 Å². The first-order valence-electron chi connectivity index (χ1n) is 12.6. The molecule has 0 spiro atoms. The molecule has 0 fully saturated rings. The molecule has 12 heteroatoms. The number of sulfonamides is 1. The molecule has 0 radical (unpaired) electrons. The molecular formula is C27H29Cl2N5O4S. The Kier molecular flexibility index (Phi) is 7.26. The van der Waals surface area contributed by atoms with Crippen molar-refractivity contribution in [1.29, 1.82) is 0 Å². The van der Waals surface area contributed by atoms with Gasteiger partial charge in [-0.3, -0.25) is 14.3 Å². The zero-order chi connectivity index (χ0) is 28.2. The van der Waals surface area contributed by atoms with Crippen LogP contribution in [-0.2, 0) is 23.0 Å². The van der Waals surface area contributed by atoms with Gasteiger partial charge in [0.25, 0.3) is 11.8 Å². The van der Waals surface area contributed by atoms with E-state index in [1.807, 2.05) is 20.8 Å². The first-order valence-corrected chi connectivity index (χ1v) is 14.9. The molecule has 2 aliphatic rings. The van der Waals surface area contributed by atoms with Gasteiger partial charge in [-0.05, 0) is 63.7 Å². The van der Waals surface area contributed by atoms with Crippen molar-refractivity contribution in [2.45, 2.75) is 56.8 Å². The van der Waals surface area contributed by atoms with Crippen molar-refractivity contribution >= 4 is 45.0 Å². The van der Waals surface area contributed by atoms with Crippen molar-refractivity contribution in [2.24, 2.45) is 0 Å². The lowest BCUT2D eigenvalue weighted by Gasteiger charge is -2.37. The molecule has 9 nitrogen and oxygen atoms in total. The lowest BCUT2D eigenvalue weighted by Crippen LogP contribution is -2.45. The normalized spacial score (nSPS) is 20.0. The Morgan fingerprint density at radius 1 is 1.08 bits per heavy atom. The van der Waals surface area contributed by atoms with E-state index in [0.717, 1.165) is 16.8 Å². The molecule has 1 aromatic heterocycles. The molecule has 2 amide bonds. The molecule has 0 bridgehead atoms. The lowest BCUT2D eigenvalue weighted by atomic mass is 9.96. The molecule has 0 aliphatic carbocycles. The zero-order valence-electron chi connectivity index (χ0n) is 22.0. The zero-order valence-corrected chi connectivity index (χ0v) is 24.3. The van der Waals surface area contributed by atoms with E-state index in [4.69, 9.17) is 28.3 Å². The van der Waals surface area contributed by atoms with Crippen molar-refractivity contribution in [1.82, 2.24) is 24.3 Å². The SMILES string of the molecule is CNS(=O)(=O)c1ccc(C(C)N2C[C@@H](C)n3nc4c(c3C2=O)CN(C(=O)c2ccc(Cl)c(Cl)c2)[C@H](C)C4)cc1. The summed E-state index contributed by atoms with van der Waals surface area (Å²) < 4.78 is 28.3. The third-order valence-corrected chi connectivity index (χ3v) is 9.79. The van der Waals surface area contributed by atoms with Crippen LogP contribution in [0.2, 0.25) is 10.0 Å². The minimum Gasteiger partial charge on any atom is -0.331 e. The molecule has 1 unspecified atom stereocenters. The first kappa shape index (κ1) is 27.6. The molecule has 3 heterocycles. The topological polar surface area (TPSA) is 105 Å². The van der Waals surface area contributed by atoms with Crippen molar-refractivity contribution in [3.05, 3.63) is 80.6 Å². The Morgan fingerprint density at radius 3 is 2.41 bits per heavy atom. The van der Waals surface area contributed by atoms with E-state index in [1.54, 1.807) is 44.8 Å². The highest BCUT2D eigenvalue weighted by Gasteiger charge is 2.40. The molecule has 3 aromatic rings. The summed E-state index contributed by atoms with van der Waals surface area (Å²) in [5.74, 6) is -0.359. The summed E-state index contributed by atoms with van der Waals surface area (Å²) in [4.78, 5) is 31.1. The average molecular weight is 591 g/mol. The number of hydrogen-bond acceptors (Lipinski definition) is 5. The molecule has 5 rings (SSSR count). The van der Waals surface area contributed by atoms with Crippen LogP contribution in [0.25, 0.3) is 0 Å². The number of carbonyl (C=O) groups is 2. The Hall–Kier alpha value is -2.92. The summed E-state index contributed by atoms with van der Waals surface area (Å²) in [7, 11) is -2.19. The van der Waals surface area contributed by atoms with E-state index < -0.39 is 10.0 Å². The number of fused-ring (bicyclic) bond motifs is 3. The lowest BCUT2D eigenvalue weighted by molar-refractivity contribution is 0.0574. The van der Waals surface area contributed by atoms with Crippen molar-refractivity contribution in [2.75, 3.05) is 13.6 Å². The molecular weight excluding hydrogens is 561 g/mol. The van der Waals surface area contributed by atoms with Crippen molar-refractivity contribution < 1.29 is 18.0 Å². The van der Waals surface area contributed by atoms with Crippen LogP contribution in [0, 0.1) is 0 Å². The second-order valence-corrected chi connectivity index (χ2v) is 12.8. The van der Waals surface area contributed by atoms with E-state index in [1.165, 1.54) is 19.2 Å². The number of amides is 2. The van der Waals surface area contributed by atoms with Crippen LogP contribution in [-0.4, -0.2) is 59.4 Å². The quantitative estimate of drug-likeness (QED) is 0.473. The first-order chi connectivity index (χ1) is 18.4. The maximum Gasteiger partial charge on any atom is 0.273 e. The Balaban J connectivity index is 1.45. The van der Waals surface area contributed by atoms with Crippen LogP contribution in [0.4, 0.5) is 0 Å². The smallest absolute Gasteiger partial charge is 0.273 e. The van der Waals surface area contributed by atoms with Crippen LogP contribution in [0.1, 0.15) is 70.5 Å². The summed E-state index contributed by atoms with van der Waals surface area (Å²) >= 11 is 12.2. The van der Waals surface area contributed by atoms with Crippen LogP contribution in [0.5, 0.6) is 0 Å². The highest BCUT2D eigenvalue weighted by molar-refractivity contribution is 7.89. The molecule has 0 saturated carbocycles. The summed E-state index contributed by atoms with van der Waals surface area (Å²) in [5.41, 5.74) is 3.32. The minimum atomic E-state index is -3.56. The largest absolute Gasteiger partial charge is 0.331 e. The Labute approximate surface area is 237 Å². The molecule has 39 heavy (non-hydrogen) atoms. The molecule has 0 saturated heterocycles. The average Bonchev–Trinajstić information content (AvgIpc) is 3.30. The van der Waals surface area contributed by atoms with Crippen LogP contribution in [0.15, 0.2) is 47.4 Å². The van der Waals surface area contributed by atoms with Gasteiger partial charge < -0.3 is 9.80 Å². The van der Waals surface area contributed by atoms with Crippen LogP contribution < -0.4 is 4.72 Å². The Bertz CT molecular complexity index is 1570.